The molecule has 0 bridgehead atoms. The topological polar surface area (TPSA) is 96.5 Å². The van der Waals surface area contributed by atoms with Crippen molar-refractivity contribution >= 4 is 23.0 Å². The Labute approximate surface area is 115 Å². The molecule has 2 rings (SSSR count). The molecular weight excluding hydrogens is 262 g/mol. The number of carbonyl (C=O) groups is 2. The Balaban J connectivity index is 2.35. The molecule has 7 heteroatoms. The number of likely N-dealkylation sites (N-methyl/N-ethyl adjacent to an activating group) is 1. The molecule has 2 aromatic rings. The highest BCUT2D eigenvalue weighted by molar-refractivity contribution is 5.98. The molecule has 0 aliphatic carbocycles. The summed E-state index contributed by atoms with van der Waals surface area (Å²) in [7, 11) is 1.47. The molecule has 2 aromatic heterocycles. The maximum absolute atomic E-state index is 12.3. The summed E-state index contributed by atoms with van der Waals surface area (Å²) in [6.07, 6.45) is 1.69. The average molecular weight is 277 g/mol. The second-order valence-electron chi connectivity index (χ2n) is 4.52. The number of pyridine rings is 1. The van der Waals surface area contributed by atoms with Crippen LogP contribution in [0.3, 0.4) is 0 Å². The lowest BCUT2D eigenvalue weighted by molar-refractivity contribution is -0.142. The van der Waals surface area contributed by atoms with Crippen molar-refractivity contribution in [3.8, 4) is 0 Å². The van der Waals surface area contributed by atoms with Crippen LogP contribution >= 0.6 is 0 Å². The van der Waals surface area contributed by atoms with Crippen molar-refractivity contribution in [1.82, 2.24) is 15.0 Å². The summed E-state index contributed by atoms with van der Waals surface area (Å²) in [6, 6.07) is 0.753. The van der Waals surface area contributed by atoms with Crippen LogP contribution in [0.25, 0.3) is 11.1 Å². The van der Waals surface area contributed by atoms with Gasteiger partial charge in [-0.05, 0) is 19.4 Å². The summed E-state index contributed by atoms with van der Waals surface area (Å²) in [5.41, 5.74) is 1.30. The highest BCUT2D eigenvalue weighted by Crippen LogP contribution is 2.18. The zero-order chi connectivity index (χ0) is 14.9. The maximum atomic E-state index is 12.3. The molecule has 0 fully saturated rings. The smallest absolute Gasteiger partial charge is 0.326 e. The van der Waals surface area contributed by atoms with Crippen molar-refractivity contribution in [2.24, 2.45) is 0 Å². The quantitative estimate of drug-likeness (QED) is 0.908. The number of fused-ring (bicyclic) bond motifs is 1. The Bertz CT molecular complexity index is 665. The normalized spacial score (nSPS) is 12.3. The molecule has 7 nitrogen and oxygen atoms in total. The van der Waals surface area contributed by atoms with Gasteiger partial charge in [0, 0.05) is 13.2 Å². The molecule has 0 saturated carbocycles. The third-order valence-electron chi connectivity index (χ3n) is 3.22. The van der Waals surface area contributed by atoms with Gasteiger partial charge in [-0.25, -0.2) is 9.78 Å². The molecule has 1 atom stereocenters. The monoisotopic (exact) mass is 277 g/mol. The van der Waals surface area contributed by atoms with Gasteiger partial charge in [0.05, 0.1) is 16.6 Å². The van der Waals surface area contributed by atoms with Crippen molar-refractivity contribution < 1.29 is 19.2 Å². The molecule has 0 aliphatic rings. The van der Waals surface area contributed by atoms with Crippen molar-refractivity contribution in [2.75, 3.05) is 7.05 Å². The van der Waals surface area contributed by atoms with Gasteiger partial charge in [-0.3, -0.25) is 4.79 Å². The van der Waals surface area contributed by atoms with Crippen LogP contribution in [-0.2, 0) is 4.79 Å². The molecule has 106 valence electrons. The number of carbonyl (C=O) groups excluding carboxylic acids is 1. The fraction of sp³-hybridized carbons (Fsp3) is 0.385. The van der Waals surface area contributed by atoms with E-state index in [2.05, 4.69) is 10.1 Å². The number of aliphatic carboxylic acids is 1. The van der Waals surface area contributed by atoms with Gasteiger partial charge in [0.1, 0.15) is 6.04 Å². The van der Waals surface area contributed by atoms with E-state index in [9.17, 15) is 9.59 Å². The van der Waals surface area contributed by atoms with Crippen LogP contribution in [0.5, 0.6) is 0 Å². The minimum Gasteiger partial charge on any atom is -0.480 e. The van der Waals surface area contributed by atoms with E-state index >= 15 is 0 Å². The molecule has 0 aliphatic heterocycles. The van der Waals surface area contributed by atoms with Crippen LogP contribution in [-0.4, -0.2) is 45.1 Å². The van der Waals surface area contributed by atoms with Crippen molar-refractivity contribution in [3.63, 3.8) is 0 Å². The van der Waals surface area contributed by atoms with E-state index in [1.165, 1.54) is 18.1 Å². The molecule has 2 heterocycles. The van der Waals surface area contributed by atoms with E-state index in [-0.39, 0.29) is 0 Å². The third kappa shape index (κ3) is 2.34. The first-order valence-electron chi connectivity index (χ1n) is 6.17. The van der Waals surface area contributed by atoms with E-state index < -0.39 is 17.9 Å². The standard InChI is InChI=1S/C13H15N3O4/c1-4-10(13(18)19)16(3)12(17)8-5-9-7(2)15-20-11(9)14-6-8/h5-6,10H,4H2,1-3H3,(H,18,19). The predicted molar refractivity (Wildman–Crippen MR) is 70.3 cm³/mol. The number of hydrogen-bond donors (Lipinski definition) is 1. The molecule has 0 spiro atoms. The van der Waals surface area contributed by atoms with Crippen LogP contribution in [0.2, 0.25) is 0 Å². The van der Waals surface area contributed by atoms with Crippen LogP contribution in [0.4, 0.5) is 0 Å². The van der Waals surface area contributed by atoms with E-state index in [1.54, 1.807) is 19.9 Å². The summed E-state index contributed by atoms with van der Waals surface area (Å²) < 4.78 is 4.97. The number of carboxylic acid groups (broad SMARTS) is 1. The third-order valence-corrected chi connectivity index (χ3v) is 3.22. The molecule has 1 N–H and O–H groups in total. The largest absolute Gasteiger partial charge is 0.480 e. The van der Waals surface area contributed by atoms with E-state index in [0.717, 1.165) is 0 Å². The Morgan fingerprint density at radius 1 is 1.50 bits per heavy atom. The molecule has 0 saturated heterocycles. The molecule has 1 unspecified atom stereocenters. The van der Waals surface area contributed by atoms with Gasteiger partial charge in [0.25, 0.3) is 11.6 Å². The Hall–Kier alpha value is -2.44. The zero-order valence-corrected chi connectivity index (χ0v) is 11.5. The van der Waals surface area contributed by atoms with Gasteiger partial charge in [0.2, 0.25) is 0 Å². The Kier molecular flexibility index (Phi) is 3.69. The minimum absolute atomic E-state index is 0.311. The fourth-order valence-corrected chi connectivity index (χ4v) is 2.02. The van der Waals surface area contributed by atoms with Gasteiger partial charge in [-0.15, -0.1) is 0 Å². The van der Waals surface area contributed by atoms with E-state index in [0.29, 0.717) is 28.8 Å². The highest BCUT2D eigenvalue weighted by Gasteiger charge is 2.26. The number of aryl methyl sites for hydroxylation is 1. The molecule has 0 aromatic carbocycles. The molecule has 20 heavy (non-hydrogen) atoms. The van der Waals surface area contributed by atoms with Crippen LogP contribution in [0, 0.1) is 6.92 Å². The van der Waals surface area contributed by atoms with Crippen molar-refractivity contribution in [3.05, 3.63) is 23.5 Å². The number of hydrogen-bond acceptors (Lipinski definition) is 5. The summed E-state index contributed by atoms with van der Waals surface area (Å²) >= 11 is 0. The summed E-state index contributed by atoms with van der Waals surface area (Å²) in [6.45, 7) is 3.46. The van der Waals surface area contributed by atoms with Crippen molar-refractivity contribution in [2.45, 2.75) is 26.3 Å². The first kappa shape index (κ1) is 14.0. The number of nitrogens with zero attached hydrogens (tertiary/aromatic N) is 3. The van der Waals surface area contributed by atoms with Crippen molar-refractivity contribution in [1.29, 1.82) is 0 Å². The summed E-state index contributed by atoms with van der Waals surface area (Å²) in [5, 5.41) is 13.5. The van der Waals surface area contributed by atoms with Crippen LogP contribution in [0.1, 0.15) is 29.4 Å². The van der Waals surface area contributed by atoms with E-state index in [4.69, 9.17) is 9.63 Å². The molecular formula is C13H15N3O4. The van der Waals surface area contributed by atoms with Gasteiger partial charge in [0.15, 0.2) is 0 Å². The first-order valence-corrected chi connectivity index (χ1v) is 6.17. The van der Waals surface area contributed by atoms with Crippen LogP contribution in [0.15, 0.2) is 16.8 Å². The minimum atomic E-state index is -1.03. The fourth-order valence-electron chi connectivity index (χ4n) is 2.02. The van der Waals surface area contributed by atoms with Gasteiger partial charge in [-0.1, -0.05) is 12.1 Å². The maximum Gasteiger partial charge on any atom is 0.326 e. The highest BCUT2D eigenvalue weighted by atomic mass is 16.5. The lowest BCUT2D eigenvalue weighted by Gasteiger charge is -2.23. The summed E-state index contributed by atoms with van der Waals surface area (Å²) in [5.74, 6) is -1.42. The Morgan fingerprint density at radius 3 is 2.80 bits per heavy atom. The number of rotatable bonds is 4. The average Bonchev–Trinajstić information content (AvgIpc) is 2.79. The lowest BCUT2D eigenvalue weighted by Crippen LogP contribution is -2.42. The number of carboxylic acids is 1. The second-order valence-corrected chi connectivity index (χ2v) is 4.52. The predicted octanol–water partition coefficient (Wildman–Crippen LogP) is 1.47. The number of aromatic nitrogens is 2. The molecule has 1 amide bonds. The number of amides is 1. The lowest BCUT2D eigenvalue weighted by atomic mass is 10.1. The van der Waals surface area contributed by atoms with Crippen LogP contribution < -0.4 is 0 Å². The second kappa shape index (κ2) is 5.28. The van der Waals surface area contributed by atoms with Gasteiger partial charge in [-0.2, -0.15) is 0 Å². The van der Waals surface area contributed by atoms with Gasteiger partial charge >= 0.3 is 5.97 Å². The molecule has 0 radical (unpaired) electrons. The van der Waals surface area contributed by atoms with E-state index in [1.807, 2.05) is 0 Å². The Morgan fingerprint density at radius 2 is 2.20 bits per heavy atom. The van der Waals surface area contributed by atoms with Gasteiger partial charge < -0.3 is 14.5 Å². The summed E-state index contributed by atoms with van der Waals surface area (Å²) in [4.78, 5) is 28.6. The first-order chi connectivity index (χ1) is 9.45. The zero-order valence-electron chi connectivity index (χ0n) is 11.5. The SMILES string of the molecule is CCC(C(=O)O)N(C)C(=O)c1cnc2onc(C)c2c1.